The van der Waals surface area contributed by atoms with Crippen LogP contribution in [0, 0.1) is 5.92 Å². The number of methoxy groups -OCH3 is 1. The van der Waals surface area contributed by atoms with Crippen LogP contribution in [0.15, 0.2) is 0 Å². The minimum atomic E-state index is 0.464. The summed E-state index contributed by atoms with van der Waals surface area (Å²) in [6.45, 7) is 12.5. The lowest BCUT2D eigenvalue weighted by molar-refractivity contribution is 0.199. The van der Waals surface area contributed by atoms with Gasteiger partial charge in [0.2, 0.25) is 0 Å². The summed E-state index contributed by atoms with van der Waals surface area (Å²) in [5.41, 5.74) is 1.23. The van der Waals surface area contributed by atoms with Crippen LogP contribution in [0.2, 0.25) is 0 Å². The number of ether oxygens (including phenoxy) is 1. The van der Waals surface area contributed by atoms with Gasteiger partial charge >= 0.3 is 0 Å². The number of nitrogens with zero attached hydrogens (tertiary/aromatic N) is 2. The molecule has 1 aromatic heterocycles. The lowest BCUT2D eigenvalue weighted by Crippen LogP contribution is -2.23. The van der Waals surface area contributed by atoms with Crippen LogP contribution in [0.25, 0.3) is 0 Å². The SMILES string of the molecule is CCC(C)CN(C)c1nc(C(C)C)c(CNCCOC)s1. The van der Waals surface area contributed by atoms with Crippen LogP contribution in [-0.2, 0) is 11.3 Å². The zero-order valence-corrected chi connectivity index (χ0v) is 15.2. The minimum Gasteiger partial charge on any atom is -0.383 e. The second-order valence-electron chi connectivity index (χ2n) is 6.02. The molecule has 1 N–H and O–H groups in total. The maximum atomic E-state index is 5.07. The van der Waals surface area contributed by atoms with Gasteiger partial charge in [0.1, 0.15) is 0 Å². The molecule has 1 unspecified atom stereocenters. The van der Waals surface area contributed by atoms with Gasteiger partial charge in [0.15, 0.2) is 5.13 Å². The summed E-state index contributed by atoms with van der Waals surface area (Å²) in [6.07, 6.45) is 1.21. The Hall–Kier alpha value is -0.650. The van der Waals surface area contributed by atoms with E-state index in [1.54, 1.807) is 7.11 Å². The fraction of sp³-hybridized carbons (Fsp3) is 0.812. The summed E-state index contributed by atoms with van der Waals surface area (Å²) < 4.78 is 5.07. The quantitative estimate of drug-likeness (QED) is 0.671. The van der Waals surface area contributed by atoms with E-state index in [1.807, 2.05) is 11.3 Å². The number of anilines is 1. The molecule has 122 valence electrons. The van der Waals surface area contributed by atoms with Gasteiger partial charge in [0.05, 0.1) is 12.3 Å². The van der Waals surface area contributed by atoms with Crippen molar-refractivity contribution >= 4 is 16.5 Å². The Bertz CT molecular complexity index is 406. The molecular formula is C16H31N3OS. The molecule has 1 aromatic rings. The van der Waals surface area contributed by atoms with Crippen molar-refractivity contribution in [3.63, 3.8) is 0 Å². The second-order valence-corrected chi connectivity index (χ2v) is 7.09. The van der Waals surface area contributed by atoms with E-state index < -0.39 is 0 Å². The molecule has 0 aliphatic heterocycles. The summed E-state index contributed by atoms with van der Waals surface area (Å²) in [7, 11) is 3.88. The lowest BCUT2D eigenvalue weighted by atomic mass is 10.1. The van der Waals surface area contributed by atoms with Gasteiger partial charge in [0.25, 0.3) is 0 Å². The molecule has 0 aliphatic rings. The fourth-order valence-electron chi connectivity index (χ4n) is 2.14. The van der Waals surface area contributed by atoms with E-state index in [4.69, 9.17) is 9.72 Å². The van der Waals surface area contributed by atoms with Crippen LogP contribution in [0.5, 0.6) is 0 Å². The number of hydrogen-bond acceptors (Lipinski definition) is 5. The Morgan fingerprint density at radius 3 is 2.62 bits per heavy atom. The van der Waals surface area contributed by atoms with Crippen molar-refractivity contribution in [2.75, 3.05) is 38.8 Å². The standard InChI is InChI=1S/C16H31N3OS/c1-7-13(4)11-19(5)16-18-15(12(2)3)14(21-16)10-17-8-9-20-6/h12-13,17H,7-11H2,1-6H3. The van der Waals surface area contributed by atoms with E-state index in [1.165, 1.54) is 17.0 Å². The van der Waals surface area contributed by atoms with Gasteiger partial charge in [0, 0.05) is 38.7 Å². The van der Waals surface area contributed by atoms with Crippen molar-refractivity contribution in [3.05, 3.63) is 10.6 Å². The van der Waals surface area contributed by atoms with Gasteiger partial charge in [-0.25, -0.2) is 4.98 Å². The van der Waals surface area contributed by atoms with Crippen LogP contribution in [-0.4, -0.2) is 38.8 Å². The highest BCUT2D eigenvalue weighted by atomic mass is 32.1. The van der Waals surface area contributed by atoms with Crippen LogP contribution >= 0.6 is 11.3 Å². The molecular weight excluding hydrogens is 282 g/mol. The minimum absolute atomic E-state index is 0.464. The van der Waals surface area contributed by atoms with Crippen molar-refractivity contribution in [3.8, 4) is 0 Å². The van der Waals surface area contributed by atoms with E-state index in [0.717, 1.165) is 31.4 Å². The third-order valence-electron chi connectivity index (χ3n) is 3.64. The highest BCUT2D eigenvalue weighted by Gasteiger charge is 2.17. The lowest BCUT2D eigenvalue weighted by Gasteiger charge is -2.19. The van der Waals surface area contributed by atoms with Gasteiger partial charge in [-0.15, -0.1) is 11.3 Å². The van der Waals surface area contributed by atoms with Crippen LogP contribution in [0.3, 0.4) is 0 Å². The zero-order chi connectivity index (χ0) is 15.8. The van der Waals surface area contributed by atoms with Gasteiger partial charge in [-0.2, -0.15) is 0 Å². The predicted molar refractivity (Wildman–Crippen MR) is 92.5 cm³/mol. The van der Waals surface area contributed by atoms with Crippen molar-refractivity contribution < 1.29 is 4.74 Å². The summed E-state index contributed by atoms with van der Waals surface area (Å²) in [5.74, 6) is 1.16. The van der Waals surface area contributed by atoms with Gasteiger partial charge in [-0.1, -0.05) is 34.1 Å². The summed E-state index contributed by atoms with van der Waals surface area (Å²) in [5, 5.41) is 4.57. The molecule has 0 radical (unpaired) electrons. The Labute approximate surface area is 133 Å². The Kier molecular flexibility index (Phi) is 8.22. The molecule has 0 saturated carbocycles. The van der Waals surface area contributed by atoms with Gasteiger partial charge in [-0.3, -0.25) is 0 Å². The van der Waals surface area contributed by atoms with Crippen molar-refractivity contribution in [1.29, 1.82) is 0 Å². The zero-order valence-electron chi connectivity index (χ0n) is 14.4. The van der Waals surface area contributed by atoms with E-state index in [-0.39, 0.29) is 0 Å². The largest absolute Gasteiger partial charge is 0.383 e. The van der Waals surface area contributed by atoms with Gasteiger partial charge in [-0.05, 0) is 11.8 Å². The summed E-state index contributed by atoms with van der Waals surface area (Å²) in [6, 6.07) is 0. The third-order valence-corrected chi connectivity index (χ3v) is 4.83. The molecule has 0 aromatic carbocycles. The summed E-state index contributed by atoms with van der Waals surface area (Å²) >= 11 is 1.82. The fourth-order valence-corrected chi connectivity index (χ4v) is 3.30. The normalized spacial score (nSPS) is 12.9. The molecule has 5 heteroatoms. The van der Waals surface area contributed by atoms with E-state index in [9.17, 15) is 0 Å². The van der Waals surface area contributed by atoms with Crippen LogP contribution in [0.1, 0.15) is 50.6 Å². The van der Waals surface area contributed by atoms with E-state index in [2.05, 4.69) is 45.0 Å². The number of thiazole rings is 1. The smallest absolute Gasteiger partial charge is 0.185 e. The molecule has 0 bridgehead atoms. The topological polar surface area (TPSA) is 37.4 Å². The molecule has 0 saturated heterocycles. The number of aromatic nitrogens is 1. The maximum Gasteiger partial charge on any atom is 0.185 e. The summed E-state index contributed by atoms with van der Waals surface area (Å²) in [4.78, 5) is 8.52. The third kappa shape index (κ3) is 5.93. The molecule has 1 rings (SSSR count). The molecule has 0 aliphatic carbocycles. The highest BCUT2D eigenvalue weighted by Crippen LogP contribution is 2.30. The first kappa shape index (κ1) is 18.4. The number of hydrogen-bond donors (Lipinski definition) is 1. The molecule has 0 amide bonds. The van der Waals surface area contributed by atoms with E-state index >= 15 is 0 Å². The maximum absolute atomic E-state index is 5.07. The van der Waals surface area contributed by atoms with Crippen molar-refractivity contribution in [2.24, 2.45) is 5.92 Å². The highest BCUT2D eigenvalue weighted by molar-refractivity contribution is 7.15. The molecule has 1 atom stereocenters. The van der Waals surface area contributed by atoms with Crippen LogP contribution in [0.4, 0.5) is 5.13 Å². The van der Waals surface area contributed by atoms with E-state index in [0.29, 0.717) is 11.8 Å². The molecule has 4 nitrogen and oxygen atoms in total. The predicted octanol–water partition coefficient (Wildman–Crippen LogP) is 3.48. The van der Waals surface area contributed by atoms with Crippen LogP contribution < -0.4 is 10.2 Å². The first-order valence-electron chi connectivity index (χ1n) is 7.89. The first-order chi connectivity index (χ1) is 9.99. The molecule has 21 heavy (non-hydrogen) atoms. The van der Waals surface area contributed by atoms with Gasteiger partial charge < -0.3 is 15.0 Å². The molecule has 1 heterocycles. The Morgan fingerprint density at radius 1 is 1.33 bits per heavy atom. The average Bonchev–Trinajstić information content (AvgIpc) is 2.88. The van der Waals surface area contributed by atoms with Crippen molar-refractivity contribution in [1.82, 2.24) is 10.3 Å². The monoisotopic (exact) mass is 313 g/mol. The second kappa shape index (κ2) is 9.38. The first-order valence-corrected chi connectivity index (χ1v) is 8.71. The molecule has 0 fully saturated rings. The van der Waals surface area contributed by atoms with Crippen molar-refractivity contribution in [2.45, 2.75) is 46.6 Å². The average molecular weight is 314 g/mol. The molecule has 0 spiro atoms. The number of rotatable bonds is 10. The Balaban J connectivity index is 2.73. The number of nitrogens with one attached hydrogen (secondary N) is 1. The Morgan fingerprint density at radius 2 is 2.05 bits per heavy atom.